The maximum atomic E-state index is 12.7. The van der Waals surface area contributed by atoms with E-state index in [2.05, 4.69) is 10.6 Å². The van der Waals surface area contributed by atoms with Crippen LogP contribution >= 0.6 is 0 Å². The van der Waals surface area contributed by atoms with Gasteiger partial charge in [-0.15, -0.1) is 0 Å². The maximum Gasteiger partial charge on any atom is 0.249 e. The number of hydrogen-bond donors (Lipinski definition) is 2. The van der Waals surface area contributed by atoms with Crippen molar-refractivity contribution in [1.82, 2.24) is 10.6 Å². The van der Waals surface area contributed by atoms with Gasteiger partial charge in [-0.05, 0) is 37.0 Å². The molecule has 21 heavy (non-hydrogen) atoms. The van der Waals surface area contributed by atoms with Crippen LogP contribution in [0.5, 0.6) is 0 Å². The lowest BCUT2D eigenvalue weighted by Gasteiger charge is -2.21. The van der Waals surface area contributed by atoms with Crippen molar-refractivity contribution in [3.63, 3.8) is 0 Å². The van der Waals surface area contributed by atoms with Crippen molar-refractivity contribution in [2.45, 2.75) is 38.1 Å². The Labute approximate surface area is 121 Å². The van der Waals surface area contributed by atoms with Crippen LogP contribution in [0.25, 0.3) is 0 Å². The molecule has 1 aromatic rings. The molecule has 0 spiro atoms. The number of nitrogens with one attached hydrogen (secondary N) is 2. The normalized spacial score (nSPS) is 18.2. The van der Waals surface area contributed by atoms with E-state index < -0.39 is 11.9 Å². The lowest BCUT2D eigenvalue weighted by atomic mass is 10.0. The monoisotopic (exact) mass is 292 g/mol. The fraction of sp³-hybridized carbons (Fsp3) is 0.400. The number of halogens is 1. The summed E-state index contributed by atoms with van der Waals surface area (Å²) < 4.78 is 12.7. The summed E-state index contributed by atoms with van der Waals surface area (Å²) in [4.78, 5) is 34.2. The van der Waals surface area contributed by atoms with Crippen LogP contribution in [0.3, 0.4) is 0 Å². The molecule has 2 rings (SSSR count). The predicted molar refractivity (Wildman–Crippen MR) is 73.7 cm³/mol. The third kappa shape index (κ3) is 4.66. The topological polar surface area (TPSA) is 75.3 Å². The molecule has 3 amide bonds. The van der Waals surface area contributed by atoms with E-state index in [1.165, 1.54) is 12.1 Å². The van der Waals surface area contributed by atoms with Gasteiger partial charge in [0, 0.05) is 12.8 Å². The molecular formula is C15H17FN2O3. The SMILES string of the molecule is O=C1CCC(NC(=O)CCCc2ccc(F)cc2)C(=O)N1. The average molecular weight is 292 g/mol. The fourth-order valence-electron chi connectivity index (χ4n) is 2.20. The molecule has 0 radical (unpaired) electrons. The van der Waals surface area contributed by atoms with Crippen molar-refractivity contribution in [2.75, 3.05) is 0 Å². The van der Waals surface area contributed by atoms with Gasteiger partial charge in [-0.2, -0.15) is 0 Å². The van der Waals surface area contributed by atoms with Crippen LogP contribution in [0.15, 0.2) is 24.3 Å². The molecule has 0 bridgehead atoms. The highest BCUT2D eigenvalue weighted by Gasteiger charge is 2.27. The zero-order chi connectivity index (χ0) is 15.2. The Kier molecular flexibility index (Phi) is 5.03. The number of hydrogen-bond acceptors (Lipinski definition) is 3. The molecule has 0 saturated carbocycles. The molecule has 6 heteroatoms. The summed E-state index contributed by atoms with van der Waals surface area (Å²) in [5.41, 5.74) is 0.963. The summed E-state index contributed by atoms with van der Waals surface area (Å²) in [6.07, 6.45) is 2.16. The quantitative estimate of drug-likeness (QED) is 0.797. The van der Waals surface area contributed by atoms with Crippen molar-refractivity contribution >= 4 is 17.7 Å². The second-order valence-electron chi connectivity index (χ2n) is 5.05. The highest BCUT2D eigenvalue weighted by atomic mass is 19.1. The molecule has 1 fully saturated rings. The van der Waals surface area contributed by atoms with Gasteiger partial charge in [-0.25, -0.2) is 4.39 Å². The molecular weight excluding hydrogens is 275 g/mol. The zero-order valence-corrected chi connectivity index (χ0v) is 11.5. The average Bonchev–Trinajstić information content (AvgIpc) is 2.44. The molecule has 2 N–H and O–H groups in total. The van der Waals surface area contributed by atoms with Gasteiger partial charge in [0.15, 0.2) is 0 Å². The van der Waals surface area contributed by atoms with Crippen LogP contribution in [0.2, 0.25) is 0 Å². The van der Waals surface area contributed by atoms with Crippen LogP contribution in [0, 0.1) is 5.82 Å². The number of amides is 3. The number of rotatable bonds is 5. The van der Waals surface area contributed by atoms with Crippen molar-refractivity contribution in [3.8, 4) is 0 Å². The van der Waals surface area contributed by atoms with Crippen molar-refractivity contribution in [1.29, 1.82) is 0 Å². The Bertz CT molecular complexity index is 542. The third-order valence-electron chi connectivity index (χ3n) is 3.36. The zero-order valence-electron chi connectivity index (χ0n) is 11.5. The van der Waals surface area contributed by atoms with Gasteiger partial charge < -0.3 is 5.32 Å². The Morgan fingerprint density at radius 3 is 2.67 bits per heavy atom. The van der Waals surface area contributed by atoms with E-state index in [-0.39, 0.29) is 30.5 Å². The van der Waals surface area contributed by atoms with E-state index in [9.17, 15) is 18.8 Å². The summed E-state index contributed by atoms with van der Waals surface area (Å²) in [7, 11) is 0. The third-order valence-corrected chi connectivity index (χ3v) is 3.36. The molecule has 0 aromatic heterocycles. The highest BCUT2D eigenvalue weighted by Crippen LogP contribution is 2.08. The van der Waals surface area contributed by atoms with E-state index >= 15 is 0 Å². The van der Waals surface area contributed by atoms with Crippen LogP contribution in [0.4, 0.5) is 4.39 Å². The van der Waals surface area contributed by atoms with E-state index in [1.807, 2.05) is 0 Å². The minimum absolute atomic E-state index is 0.216. The Morgan fingerprint density at radius 1 is 1.29 bits per heavy atom. The number of piperidine rings is 1. The molecule has 112 valence electrons. The van der Waals surface area contributed by atoms with Gasteiger partial charge in [0.05, 0.1) is 0 Å². The van der Waals surface area contributed by atoms with Crippen LogP contribution < -0.4 is 10.6 Å². The van der Waals surface area contributed by atoms with E-state index in [1.54, 1.807) is 12.1 Å². The number of benzene rings is 1. The van der Waals surface area contributed by atoms with Gasteiger partial charge in [0.1, 0.15) is 11.9 Å². The number of imide groups is 1. The minimum atomic E-state index is -0.624. The minimum Gasteiger partial charge on any atom is -0.344 e. The Morgan fingerprint density at radius 2 is 2.00 bits per heavy atom. The van der Waals surface area contributed by atoms with Gasteiger partial charge in [-0.3, -0.25) is 19.7 Å². The van der Waals surface area contributed by atoms with Crippen LogP contribution in [-0.4, -0.2) is 23.8 Å². The first kappa shape index (κ1) is 15.2. The largest absolute Gasteiger partial charge is 0.344 e. The lowest BCUT2D eigenvalue weighted by Crippen LogP contribution is -2.52. The summed E-state index contributed by atoms with van der Waals surface area (Å²) in [5.74, 6) is -1.25. The number of aryl methyl sites for hydroxylation is 1. The molecule has 1 aliphatic heterocycles. The van der Waals surface area contributed by atoms with E-state index in [0.29, 0.717) is 19.3 Å². The summed E-state index contributed by atoms with van der Waals surface area (Å²) in [5, 5.41) is 4.82. The number of carbonyl (C=O) groups excluding carboxylic acids is 3. The van der Waals surface area contributed by atoms with Crippen molar-refractivity contribution in [3.05, 3.63) is 35.6 Å². The Hall–Kier alpha value is -2.24. The van der Waals surface area contributed by atoms with Gasteiger partial charge >= 0.3 is 0 Å². The van der Waals surface area contributed by atoms with Crippen LogP contribution in [-0.2, 0) is 20.8 Å². The molecule has 1 atom stereocenters. The standard InChI is InChI=1S/C15H17FN2O3/c16-11-6-4-10(5-7-11)2-1-3-13(19)17-12-8-9-14(20)18-15(12)21/h4-7,12H,1-3,8-9H2,(H,17,19)(H,18,20,21). The first-order valence-corrected chi connectivity index (χ1v) is 6.92. The maximum absolute atomic E-state index is 12.7. The molecule has 1 aromatic carbocycles. The molecule has 1 saturated heterocycles. The fourth-order valence-corrected chi connectivity index (χ4v) is 2.20. The first-order valence-electron chi connectivity index (χ1n) is 6.92. The molecule has 5 nitrogen and oxygen atoms in total. The van der Waals surface area contributed by atoms with Crippen LogP contribution in [0.1, 0.15) is 31.2 Å². The van der Waals surface area contributed by atoms with Crippen molar-refractivity contribution in [2.24, 2.45) is 0 Å². The van der Waals surface area contributed by atoms with Gasteiger partial charge in [-0.1, -0.05) is 12.1 Å². The highest BCUT2D eigenvalue weighted by molar-refractivity contribution is 6.01. The molecule has 0 aliphatic carbocycles. The summed E-state index contributed by atoms with van der Waals surface area (Å²) in [6, 6.07) is 5.53. The molecule has 1 unspecified atom stereocenters. The second kappa shape index (κ2) is 6.97. The van der Waals surface area contributed by atoms with Crippen molar-refractivity contribution < 1.29 is 18.8 Å². The van der Waals surface area contributed by atoms with Gasteiger partial charge in [0.2, 0.25) is 17.7 Å². The molecule has 1 heterocycles. The predicted octanol–water partition coefficient (Wildman–Crippen LogP) is 1.07. The number of carbonyl (C=O) groups is 3. The van der Waals surface area contributed by atoms with E-state index in [4.69, 9.17) is 0 Å². The summed E-state index contributed by atoms with van der Waals surface area (Å²) in [6.45, 7) is 0. The smallest absolute Gasteiger partial charge is 0.249 e. The summed E-state index contributed by atoms with van der Waals surface area (Å²) >= 11 is 0. The Balaban J connectivity index is 1.71. The first-order chi connectivity index (χ1) is 10.0. The van der Waals surface area contributed by atoms with E-state index in [0.717, 1.165) is 5.56 Å². The second-order valence-corrected chi connectivity index (χ2v) is 5.05. The lowest BCUT2D eigenvalue weighted by molar-refractivity contribution is -0.137. The van der Waals surface area contributed by atoms with Gasteiger partial charge in [0.25, 0.3) is 0 Å². The molecule has 1 aliphatic rings.